The highest BCUT2D eigenvalue weighted by molar-refractivity contribution is 5.76. The summed E-state index contributed by atoms with van der Waals surface area (Å²) in [5, 5.41) is 0. The van der Waals surface area contributed by atoms with E-state index in [1.165, 1.54) is 0 Å². The van der Waals surface area contributed by atoms with Gasteiger partial charge in [-0.25, -0.2) is 4.79 Å². The molecule has 0 unspecified atom stereocenters. The molecule has 5 nitrogen and oxygen atoms in total. The van der Waals surface area contributed by atoms with Crippen LogP contribution < -0.4 is 0 Å². The highest BCUT2D eigenvalue weighted by Crippen LogP contribution is 2.18. The van der Waals surface area contributed by atoms with Gasteiger partial charge < -0.3 is 19.3 Å². The maximum atomic E-state index is 11.8. The van der Waals surface area contributed by atoms with Crippen LogP contribution in [-0.4, -0.2) is 67.4 Å². The van der Waals surface area contributed by atoms with E-state index in [2.05, 4.69) is 0 Å². The molecule has 0 aromatic carbocycles. The van der Waals surface area contributed by atoms with Crippen LogP contribution in [0.3, 0.4) is 0 Å². The zero-order chi connectivity index (χ0) is 9.54. The van der Waals surface area contributed by atoms with E-state index in [4.69, 9.17) is 9.47 Å². The van der Waals surface area contributed by atoms with Gasteiger partial charge in [-0.1, -0.05) is 0 Å². The number of amides is 2. The quantitative estimate of drug-likeness (QED) is 0.573. The van der Waals surface area contributed by atoms with Crippen LogP contribution in [0.5, 0.6) is 0 Å². The lowest BCUT2D eigenvalue weighted by Gasteiger charge is -2.16. The number of carbonyl (C=O) groups is 1. The molecule has 3 fully saturated rings. The predicted octanol–water partition coefficient (Wildman–Crippen LogP) is -0.478. The maximum absolute atomic E-state index is 11.8. The average molecular weight is 198 g/mol. The van der Waals surface area contributed by atoms with Gasteiger partial charge in [0.2, 0.25) is 0 Å². The Hall–Kier alpha value is -0.810. The van der Waals surface area contributed by atoms with E-state index in [1.807, 2.05) is 9.80 Å². The predicted molar refractivity (Wildman–Crippen MR) is 48.0 cm³/mol. The summed E-state index contributed by atoms with van der Waals surface area (Å²) in [5.74, 6) is 0. The van der Waals surface area contributed by atoms with Gasteiger partial charge in [-0.3, -0.25) is 0 Å². The van der Waals surface area contributed by atoms with E-state index < -0.39 is 0 Å². The molecule has 3 aliphatic rings. The summed E-state index contributed by atoms with van der Waals surface area (Å²) in [5.41, 5.74) is 0. The molecule has 5 heteroatoms. The third-order valence-corrected chi connectivity index (χ3v) is 2.83. The van der Waals surface area contributed by atoms with Gasteiger partial charge in [0.15, 0.2) is 0 Å². The lowest BCUT2D eigenvalue weighted by atomic mass is 10.4. The molecular formula is C9H14N2O3. The molecule has 14 heavy (non-hydrogen) atoms. The second-order valence-electron chi connectivity index (χ2n) is 4.09. The fourth-order valence-corrected chi connectivity index (χ4v) is 1.81. The van der Waals surface area contributed by atoms with Crippen molar-refractivity contribution in [2.45, 2.75) is 12.2 Å². The number of carbonyl (C=O) groups excluding carboxylic acids is 1. The third kappa shape index (κ3) is 1.69. The first-order valence-corrected chi connectivity index (χ1v) is 5.10. The maximum Gasteiger partial charge on any atom is 0.320 e. The van der Waals surface area contributed by atoms with Gasteiger partial charge in [-0.2, -0.15) is 0 Å². The molecule has 2 amide bonds. The molecule has 0 spiro atoms. The Morgan fingerprint density at radius 2 is 1.50 bits per heavy atom. The highest BCUT2D eigenvalue weighted by atomic mass is 16.6. The van der Waals surface area contributed by atoms with Crippen LogP contribution in [-0.2, 0) is 9.47 Å². The fourth-order valence-electron chi connectivity index (χ4n) is 1.81. The third-order valence-electron chi connectivity index (χ3n) is 2.83. The van der Waals surface area contributed by atoms with Crippen molar-refractivity contribution in [2.24, 2.45) is 0 Å². The van der Waals surface area contributed by atoms with Gasteiger partial charge in [0, 0.05) is 13.1 Å². The second kappa shape index (κ2) is 3.10. The zero-order valence-corrected chi connectivity index (χ0v) is 8.02. The summed E-state index contributed by atoms with van der Waals surface area (Å²) < 4.78 is 10.2. The van der Waals surface area contributed by atoms with Crippen LogP contribution in [0, 0.1) is 0 Å². The number of epoxide rings is 2. The standard InChI is InChI=1S/C9H14N2O3/c12-9-10(3-7-5-13-7)1-2-11(9)4-8-6-14-8/h7-8H,1-6H2/t7-,8-/m1/s1. The Balaban J connectivity index is 1.53. The van der Waals surface area contributed by atoms with Crippen LogP contribution in [0.2, 0.25) is 0 Å². The van der Waals surface area contributed by atoms with Crippen LogP contribution in [0.25, 0.3) is 0 Å². The molecule has 0 N–H and O–H groups in total. The van der Waals surface area contributed by atoms with E-state index in [-0.39, 0.29) is 6.03 Å². The van der Waals surface area contributed by atoms with Crippen molar-refractivity contribution in [1.82, 2.24) is 9.80 Å². The number of hydrogen-bond acceptors (Lipinski definition) is 3. The first-order valence-electron chi connectivity index (χ1n) is 5.10. The molecule has 0 saturated carbocycles. The van der Waals surface area contributed by atoms with Gasteiger partial charge in [-0.05, 0) is 0 Å². The lowest BCUT2D eigenvalue weighted by Crippen LogP contribution is -2.35. The van der Waals surface area contributed by atoms with Crippen LogP contribution in [0.15, 0.2) is 0 Å². The lowest BCUT2D eigenvalue weighted by molar-refractivity contribution is 0.185. The van der Waals surface area contributed by atoms with Crippen LogP contribution in [0.1, 0.15) is 0 Å². The Morgan fingerprint density at radius 3 is 1.86 bits per heavy atom. The SMILES string of the molecule is O=C1N(C[C@@H]2CO2)CCN1C[C@@H]1CO1. The summed E-state index contributed by atoms with van der Waals surface area (Å²) in [4.78, 5) is 15.5. The Labute approximate surface area is 82.5 Å². The monoisotopic (exact) mass is 198 g/mol. The molecule has 0 aliphatic carbocycles. The van der Waals surface area contributed by atoms with Gasteiger partial charge in [0.1, 0.15) is 0 Å². The van der Waals surface area contributed by atoms with Crippen molar-refractivity contribution in [1.29, 1.82) is 0 Å². The van der Waals surface area contributed by atoms with Crippen molar-refractivity contribution in [3.63, 3.8) is 0 Å². The minimum atomic E-state index is 0.149. The number of rotatable bonds is 4. The molecular weight excluding hydrogens is 184 g/mol. The first-order chi connectivity index (χ1) is 6.83. The molecule has 2 atom stereocenters. The normalized spacial score (nSPS) is 35.3. The Kier molecular flexibility index (Phi) is 1.88. The van der Waals surface area contributed by atoms with Gasteiger partial charge >= 0.3 is 6.03 Å². The molecule has 3 saturated heterocycles. The molecule has 0 aromatic heterocycles. The molecule has 3 rings (SSSR count). The summed E-state index contributed by atoms with van der Waals surface area (Å²) >= 11 is 0. The van der Waals surface area contributed by atoms with Crippen molar-refractivity contribution < 1.29 is 14.3 Å². The zero-order valence-electron chi connectivity index (χ0n) is 8.02. The van der Waals surface area contributed by atoms with E-state index >= 15 is 0 Å². The number of urea groups is 1. The molecule has 0 aromatic rings. The summed E-state index contributed by atoms with van der Waals surface area (Å²) in [6.45, 7) is 4.84. The van der Waals surface area contributed by atoms with Crippen LogP contribution >= 0.6 is 0 Å². The number of nitrogens with zero attached hydrogens (tertiary/aromatic N) is 2. The highest BCUT2D eigenvalue weighted by Gasteiger charge is 2.36. The number of ether oxygens (including phenoxy) is 2. The second-order valence-corrected chi connectivity index (χ2v) is 4.09. The van der Waals surface area contributed by atoms with Gasteiger partial charge in [0.25, 0.3) is 0 Å². The Bertz CT molecular complexity index is 226. The van der Waals surface area contributed by atoms with E-state index in [0.717, 1.165) is 39.4 Å². The number of hydrogen-bond donors (Lipinski definition) is 0. The average Bonchev–Trinajstić information content (AvgIpc) is 3.03. The minimum Gasteiger partial charge on any atom is -0.371 e. The van der Waals surface area contributed by atoms with E-state index in [1.54, 1.807) is 0 Å². The van der Waals surface area contributed by atoms with Gasteiger partial charge in [0.05, 0.1) is 38.5 Å². The molecule has 3 heterocycles. The molecule has 78 valence electrons. The van der Waals surface area contributed by atoms with Crippen molar-refractivity contribution in [3.05, 3.63) is 0 Å². The minimum absolute atomic E-state index is 0.149. The Morgan fingerprint density at radius 1 is 1.07 bits per heavy atom. The van der Waals surface area contributed by atoms with Crippen LogP contribution in [0.4, 0.5) is 4.79 Å². The van der Waals surface area contributed by atoms with Crippen molar-refractivity contribution in [3.8, 4) is 0 Å². The van der Waals surface area contributed by atoms with E-state index in [0.29, 0.717) is 12.2 Å². The fraction of sp³-hybridized carbons (Fsp3) is 0.889. The largest absolute Gasteiger partial charge is 0.371 e. The van der Waals surface area contributed by atoms with Gasteiger partial charge in [-0.15, -0.1) is 0 Å². The first kappa shape index (κ1) is 8.49. The van der Waals surface area contributed by atoms with Crippen molar-refractivity contribution >= 4 is 6.03 Å². The summed E-state index contributed by atoms with van der Waals surface area (Å²) in [6.07, 6.45) is 0.604. The summed E-state index contributed by atoms with van der Waals surface area (Å²) in [7, 11) is 0. The molecule has 0 radical (unpaired) electrons. The molecule has 0 bridgehead atoms. The molecule has 3 aliphatic heterocycles. The van der Waals surface area contributed by atoms with Crippen molar-refractivity contribution in [2.75, 3.05) is 39.4 Å². The smallest absolute Gasteiger partial charge is 0.320 e. The topological polar surface area (TPSA) is 48.6 Å². The van der Waals surface area contributed by atoms with E-state index in [9.17, 15) is 4.79 Å². The summed E-state index contributed by atoms with van der Waals surface area (Å²) in [6, 6.07) is 0.149.